The first-order valence-corrected chi connectivity index (χ1v) is 8.49. The number of hydrogen-bond acceptors (Lipinski definition) is 2. The third-order valence-electron chi connectivity index (χ3n) is 4.24. The molecule has 0 spiro atoms. The van der Waals surface area contributed by atoms with Gasteiger partial charge in [-0.05, 0) is 35.9 Å². The summed E-state index contributed by atoms with van der Waals surface area (Å²) >= 11 is 0. The fraction of sp³-hybridized carbons (Fsp3) is 0.550. The minimum absolute atomic E-state index is 0.230. The van der Waals surface area contributed by atoms with Crippen LogP contribution in [0.15, 0.2) is 36.7 Å². The van der Waals surface area contributed by atoms with Gasteiger partial charge in [0.25, 0.3) is 0 Å². The van der Waals surface area contributed by atoms with Crippen molar-refractivity contribution in [1.29, 1.82) is 0 Å². The predicted molar refractivity (Wildman–Crippen MR) is 97.6 cm³/mol. The quantitative estimate of drug-likeness (QED) is 0.803. The van der Waals surface area contributed by atoms with Gasteiger partial charge in [0.15, 0.2) is 0 Å². The first-order valence-electron chi connectivity index (χ1n) is 8.49. The van der Waals surface area contributed by atoms with Crippen LogP contribution < -0.4 is 0 Å². The lowest BCUT2D eigenvalue weighted by atomic mass is 9.86. The second-order valence-corrected chi connectivity index (χ2v) is 7.98. The van der Waals surface area contributed by atoms with E-state index in [0.29, 0.717) is 5.92 Å². The maximum atomic E-state index is 4.23. The Balaban J connectivity index is 1.85. The molecule has 0 aliphatic carbocycles. The van der Waals surface area contributed by atoms with E-state index in [4.69, 9.17) is 0 Å². The van der Waals surface area contributed by atoms with Gasteiger partial charge in [0.1, 0.15) is 0 Å². The summed E-state index contributed by atoms with van der Waals surface area (Å²) in [6.07, 6.45) is 5.17. The Hall–Kier alpha value is -1.61. The highest BCUT2D eigenvalue weighted by Crippen LogP contribution is 2.23. The molecule has 0 N–H and O–H groups in total. The number of aromatic nitrogens is 2. The van der Waals surface area contributed by atoms with Crippen molar-refractivity contribution in [3.05, 3.63) is 53.3 Å². The molecule has 2 aromatic rings. The van der Waals surface area contributed by atoms with Crippen LogP contribution >= 0.6 is 0 Å². The van der Waals surface area contributed by atoms with Crippen molar-refractivity contribution in [2.24, 2.45) is 13.0 Å². The molecule has 0 aliphatic heterocycles. The van der Waals surface area contributed by atoms with Gasteiger partial charge in [0, 0.05) is 31.9 Å². The summed E-state index contributed by atoms with van der Waals surface area (Å²) in [6, 6.07) is 9.14. The summed E-state index contributed by atoms with van der Waals surface area (Å²) in [4.78, 5) is 2.38. The topological polar surface area (TPSA) is 21.1 Å². The smallest absolute Gasteiger partial charge is 0.0534 e. The molecule has 0 aliphatic rings. The van der Waals surface area contributed by atoms with Gasteiger partial charge in [-0.1, -0.05) is 52.0 Å². The molecule has 0 radical (unpaired) electrons. The maximum Gasteiger partial charge on any atom is 0.0534 e. The normalized spacial score (nSPS) is 13.5. The molecule has 1 aromatic heterocycles. The molecule has 3 nitrogen and oxygen atoms in total. The number of benzene rings is 1. The molecule has 0 saturated heterocycles. The molecular weight excluding hydrogens is 282 g/mol. The van der Waals surface area contributed by atoms with E-state index in [1.54, 1.807) is 0 Å². The molecule has 1 atom stereocenters. The lowest BCUT2D eigenvalue weighted by molar-refractivity contribution is 0.278. The zero-order valence-corrected chi connectivity index (χ0v) is 15.5. The summed E-state index contributed by atoms with van der Waals surface area (Å²) in [5.74, 6) is 0.636. The second kappa shape index (κ2) is 7.31. The fourth-order valence-electron chi connectivity index (χ4n) is 3.07. The van der Waals surface area contributed by atoms with E-state index in [2.05, 4.69) is 75.2 Å². The maximum absolute atomic E-state index is 4.23. The first-order chi connectivity index (χ1) is 10.7. The minimum atomic E-state index is 0.230. The van der Waals surface area contributed by atoms with Crippen molar-refractivity contribution in [2.75, 3.05) is 13.6 Å². The Morgan fingerprint density at radius 1 is 1.13 bits per heavy atom. The van der Waals surface area contributed by atoms with Gasteiger partial charge in [-0.15, -0.1) is 0 Å². The number of aryl methyl sites for hydroxylation is 1. The molecule has 0 saturated carbocycles. The van der Waals surface area contributed by atoms with Crippen LogP contribution in [0.2, 0.25) is 0 Å². The van der Waals surface area contributed by atoms with Crippen LogP contribution in [0.1, 0.15) is 44.4 Å². The van der Waals surface area contributed by atoms with Crippen LogP contribution in [0, 0.1) is 5.92 Å². The lowest BCUT2D eigenvalue weighted by Gasteiger charge is -2.22. The number of nitrogens with zero attached hydrogens (tertiary/aromatic N) is 3. The highest BCUT2D eigenvalue weighted by atomic mass is 15.2. The Morgan fingerprint density at radius 2 is 1.78 bits per heavy atom. The lowest BCUT2D eigenvalue weighted by Crippen LogP contribution is -2.25. The summed E-state index contributed by atoms with van der Waals surface area (Å²) in [6.45, 7) is 11.2. The molecule has 126 valence electrons. The standard InChI is InChI=1S/C20H31N3/c1-16(13-22(5)14-18-12-21-23(6)15-18)11-17-7-9-19(10-8-17)20(2,3)4/h7-10,12,15-16H,11,13-14H2,1-6H3. The van der Waals surface area contributed by atoms with Crippen molar-refractivity contribution in [3.8, 4) is 0 Å². The molecule has 0 fully saturated rings. The van der Waals surface area contributed by atoms with Crippen molar-refractivity contribution in [1.82, 2.24) is 14.7 Å². The summed E-state index contributed by atoms with van der Waals surface area (Å²) < 4.78 is 1.86. The average molecular weight is 313 g/mol. The van der Waals surface area contributed by atoms with Gasteiger partial charge in [-0.2, -0.15) is 5.10 Å². The molecule has 0 bridgehead atoms. The van der Waals surface area contributed by atoms with E-state index in [1.807, 2.05) is 17.9 Å². The summed E-state index contributed by atoms with van der Waals surface area (Å²) in [5.41, 5.74) is 4.34. The highest BCUT2D eigenvalue weighted by Gasteiger charge is 2.14. The van der Waals surface area contributed by atoms with Crippen molar-refractivity contribution >= 4 is 0 Å². The van der Waals surface area contributed by atoms with E-state index in [-0.39, 0.29) is 5.41 Å². The molecule has 3 heteroatoms. The van der Waals surface area contributed by atoms with Gasteiger partial charge in [-0.25, -0.2) is 0 Å². The fourth-order valence-corrected chi connectivity index (χ4v) is 3.07. The van der Waals surface area contributed by atoms with Crippen LogP contribution in [0.5, 0.6) is 0 Å². The average Bonchev–Trinajstić information content (AvgIpc) is 2.83. The molecular formula is C20H31N3. The second-order valence-electron chi connectivity index (χ2n) is 7.98. The minimum Gasteiger partial charge on any atom is -0.302 e. The summed E-state index contributed by atoms with van der Waals surface area (Å²) in [7, 11) is 4.15. The van der Waals surface area contributed by atoms with Crippen molar-refractivity contribution in [3.63, 3.8) is 0 Å². The van der Waals surface area contributed by atoms with Gasteiger partial charge in [0.2, 0.25) is 0 Å². The van der Waals surface area contributed by atoms with Crippen molar-refractivity contribution < 1.29 is 0 Å². The summed E-state index contributed by atoms with van der Waals surface area (Å²) in [5, 5.41) is 4.23. The molecule has 1 unspecified atom stereocenters. The van der Waals surface area contributed by atoms with Gasteiger partial charge in [0.05, 0.1) is 6.20 Å². The van der Waals surface area contributed by atoms with E-state index in [9.17, 15) is 0 Å². The third-order valence-corrected chi connectivity index (χ3v) is 4.24. The first kappa shape index (κ1) is 17.7. The zero-order valence-electron chi connectivity index (χ0n) is 15.5. The van der Waals surface area contributed by atoms with E-state index in [0.717, 1.165) is 19.5 Å². The SMILES string of the molecule is CC(Cc1ccc(C(C)(C)C)cc1)CN(C)Cc1cnn(C)c1. The van der Waals surface area contributed by atoms with Crippen LogP contribution in [0.4, 0.5) is 0 Å². The molecule has 0 amide bonds. The molecule has 1 aromatic carbocycles. The Labute approximate surface area is 141 Å². The van der Waals surface area contributed by atoms with Gasteiger partial charge in [-0.3, -0.25) is 4.68 Å². The van der Waals surface area contributed by atoms with Gasteiger partial charge < -0.3 is 4.90 Å². The monoisotopic (exact) mass is 313 g/mol. The largest absolute Gasteiger partial charge is 0.302 e. The van der Waals surface area contributed by atoms with Crippen molar-refractivity contribution in [2.45, 2.75) is 46.1 Å². The van der Waals surface area contributed by atoms with E-state index >= 15 is 0 Å². The Bertz CT molecular complexity index is 605. The predicted octanol–water partition coefficient (Wildman–Crippen LogP) is 4.03. The van der Waals surface area contributed by atoms with Gasteiger partial charge >= 0.3 is 0 Å². The third kappa shape index (κ3) is 5.51. The zero-order chi connectivity index (χ0) is 17.0. The van der Waals surface area contributed by atoms with Crippen LogP contribution in [0.3, 0.4) is 0 Å². The number of hydrogen-bond donors (Lipinski definition) is 0. The highest BCUT2D eigenvalue weighted by molar-refractivity contribution is 5.27. The molecule has 1 heterocycles. The van der Waals surface area contributed by atoms with E-state index < -0.39 is 0 Å². The van der Waals surface area contributed by atoms with Crippen LogP contribution in [-0.4, -0.2) is 28.3 Å². The van der Waals surface area contributed by atoms with Crippen LogP contribution in [0.25, 0.3) is 0 Å². The number of rotatable bonds is 6. The Morgan fingerprint density at radius 3 is 2.30 bits per heavy atom. The van der Waals surface area contributed by atoms with E-state index in [1.165, 1.54) is 16.7 Å². The molecule has 23 heavy (non-hydrogen) atoms. The van der Waals surface area contributed by atoms with Crippen LogP contribution in [-0.2, 0) is 25.4 Å². The Kier molecular flexibility index (Phi) is 5.64. The molecule has 2 rings (SSSR count).